The first-order chi connectivity index (χ1) is 10.1. The van der Waals surface area contributed by atoms with Crippen molar-refractivity contribution in [2.45, 2.75) is 58.5 Å². The van der Waals surface area contributed by atoms with E-state index in [1.54, 1.807) is 12.3 Å². The fourth-order valence-corrected chi connectivity index (χ4v) is 3.03. The Morgan fingerprint density at radius 1 is 1.36 bits per heavy atom. The van der Waals surface area contributed by atoms with Crippen LogP contribution < -0.4 is 5.32 Å². The number of rotatable bonds is 2. The molecule has 1 amide bonds. The smallest absolute Gasteiger partial charge is 0.253 e. The van der Waals surface area contributed by atoms with Crippen LogP contribution in [0.2, 0.25) is 5.02 Å². The molecule has 5 heteroatoms. The summed E-state index contributed by atoms with van der Waals surface area (Å²) < 4.78 is 0. The normalized spacial score (nSPS) is 19.0. The molecule has 122 valence electrons. The second-order valence-electron chi connectivity index (χ2n) is 7.46. The van der Waals surface area contributed by atoms with Crippen LogP contribution in [0, 0.1) is 6.92 Å². The number of amides is 1. The summed E-state index contributed by atoms with van der Waals surface area (Å²) in [6, 6.07) is 1.69. The van der Waals surface area contributed by atoms with Gasteiger partial charge in [0.2, 0.25) is 0 Å². The van der Waals surface area contributed by atoms with Gasteiger partial charge in [0.15, 0.2) is 0 Å². The van der Waals surface area contributed by atoms with E-state index in [0.29, 0.717) is 16.3 Å². The van der Waals surface area contributed by atoms with E-state index in [-0.39, 0.29) is 17.0 Å². The Labute approximate surface area is 138 Å². The van der Waals surface area contributed by atoms with Gasteiger partial charge in [0.25, 0.3) is 5.91 Å². The monoisotopic (exact) mass is 323 g/mol. The largest absolute Gasteiger partial charge is 0.347 e. The molecule has 0 atom stereocenters. The van der Waals surface area contributed by atoms with Gasteiger partial charge in [-0.25, -0.2) is 0 Å². The Morgan fingerprint density at radius 3 is 2.50 bits per heavy atom. The van der Waals surface area contributed by atoms with Crippen molar-refractivity contribution in [1.29, 1.82) is 0 Å². The predicted octanol–water partition coefficient (Wildman–Crippen LogP) is 3.43. The number of carbonyl (C=O) groups is 1. The van der Waals surface area contributed by atoms with Crippen LogP contribution in [0.5, 0.6) is 0 Å². The highest BCUT2D eigenvalue weighted by Crippen LogP contribution is 2.27. The van der Waals surface area contributed by atoms with Crippen LogP contribution in [0.4, 0.5) is 0 Å². The number of aryl methyl sites for hydroxylation is 1. The van der Waals surface area contributed by atoms with Crippen LogP contribution in [0.15, 0.2) is 12.3 Å². The van der Waals surface area contributed by atoms with Gasteiger partial charge in [-0.15, -0.1) is 0 Å². The van der Waals surface area contributed by atoms with Crippen molar-refractivity contribution in [3.8, 4) is 0 Å². The minimum atomic E-state index is -0.173. The van der Waals surface area contributed by atoms with Crippen LogP contribution >= 0.6 is 11.6 Å². The number of hydrogen-bond acceptors (Lipinski definition) is 3. The molecule has 0 aliphatic carbocycles. The second-order valence-corrected chi connectivity index (χ2v) is 7.90. The molecule has 0 saturated carbocycles. The SMILES string of the molecule is Cc1ncc(Cl)cc1C(=O)NC1(C)CCN(C(C)(C)C)CC1. The van der Waals surface area contributed by atoms with Gasteiger partial charge in [-0.1, -0.05) is 11.6 Å². The van der Waals surface area contributed by atoms with Gasteiger partial charge in [-0.05, 0) is 53.5 Å². The molecule has 1 aromatic heterocycles. The quantitative estimate of drug-likeness (QED) is 0.907. The molecule has 1 aliphatic rings. The third-order valence-electron chi connectivity index (χ3n) is 4.53. The van der Waals surface area contributed by atoms with Crippen molar-refractivity contribution in [2.75, 3.05) is 13.1 Å². The summed E-state index contributed by atoms with van der Waals surface area (Å²) in [5.74, 6) is -0.0841. The van der Waals surface area contributed by atoms with Gasteiger partial charge < -0.3 is 5.32 Å². The number of carbonyl (C=O) groups excluding carboxylic acids is 1. The maximum absolute atomic E-state index is 12.5. The summed E-state index contributed by atoms with van der Waals surface area (Å²) in [5, 5.41) is 3.68. The Hall–Kier alpha value is -1.13. The lowest BCUT2D eigenvalue weighted by Gasteiger charge is -2.45. The lowest BCUT2D eigenvalue weighted by molar-refractivity contribution is 0.0614. The zero-order chi connectivity index (χ0) is 16.5. The van der Waals surface area contributed by atoms with E-state index in [2.05, 4.69) is 42.9 Å². The molecule has 1 fully saturated rings. The van der Waals surface area contributed by atoms with Crippen LogP contribution in [0.3, 0.4) is 0 Å². The summed E-state index contributed by atoms with van der Waals surface area (Å²) in [4.78, 5) is 19.2. The van der Waals surface area contributed by atoms with E-state index in [1.807, 2.05) is 6.92 Å². The first-order valence-electron chi connectivity index (χ1n) is 7.80. The number of likely N-dealkylation sites (tertiary alicyclic amines) is 1. The van der Waals surface area contributed by atoms with E-state index >= 15 is 0 Å². The molecule has 0 aromatic carbocycles. The number of piperidine rings is 1. The van der Waals surface area contributed by atoms with E-state index in [4.69, 9.17) is 11.6 Å². The molecule has 2 rings (SSSR count). The molecule has 1 saturated heterocycles. The average Bonchev–Trinajstić information content (AvgIpc) is 2.40. The molecule has 0 spiro atoms. The van der Waals surface area contributed by atoms with Gasteiger partial charge >= 0.3 is 0 Å². The second kappa shape index (κ2) is 6.17. The molecule has 22 heavy (non-hydrogen) atoms. The maximum atomic E-state index is 12.5. The van der Waals surface area contributed by atoms with E-state index in [0.717, 1.165) is 25.9 Å². The predicted molar refractivity (Wildman–Crippen MR) is 90.4 cm³/mol. The maximum Gasteiger partial charge on any atom is 0.253 e. The highest BCUT2D eigenvalue weighted by atomic mass is 35.5. The standard InChI is InChI=1S/C17H26ClN3O/c1-12-14(10-13(18)11-19-12)15(22)20-17(5)6-8-21(9-7-17)16(2,3)4/h10-11H,6-9H2,1-5H3,(H,20,22). The number of nitrogens with zero attached hydrogens (tertiary/aromatic N) is 2. The number of hydrogen-bond donors (Lipinski definition) is 1. The van der Waals surface area contributed by atoms with E-state index in [1.165, 1.54) is 0 Å². The zero-order valence-electron chi connectivity index (χ0n) is 14.2. The molecule has 1 aromatic rings. The molecule has 2 heterocycles. The number of pyridine rings is 1. The average molecular weight is 324 g/mol. The number of halogens is 1. The molecule has 0 bridgehead atoms. The van der Waals surface area contributed by atoms with E-state index in [9.17, 15) is 4.79 Å². The topological polar surface area (TPSA) is 45.2 Å². The van der Waals surface area contributed by atoms with Gasteiger partial charge in [0.05, 0.1) is 16.3 Å². The summed E-state index contributed by atoms with van der Waals surface area (Å²) in [6.07, 6.45) is 3.46. The first-order valence-corrected chi connectivity index (χ1v) is 8.18. The molecule has 1 aliphatic heterocycles. The van der Waals surface area contributed by atoms with Crippen molar-refractivity contribution >= 4 is 17.5 Å². The van der Waals surface area contributed by atoms with Crippen LogP contribution in [-0.2, 0) is 0 Å². The Bertz CT molecular complexity index is 558. The van der Waals surface area contributed by atoms with Gasteiger partial charge in [0.1, 0.15) is 0 Å². The summed E-state index contributed by atoms with van der Waals surface area (Å²) in [6.45, 7) is 12.6. The van der Waals surface area contributed by atoms with Gasteiger partial charge in [-0.3, -0.25) is 14.7 Å². The van der Waals surface area contributed by atoms with Gasteiger partial charge in [-0.2, -0.15) is 0 Å². The van der Waals surface area contributed by atoms with Crippen molar-refractivity contribution in [2.24, 2.45) is 0 Å². The summed E-state index contributed by atoms with van der Waals surface area (Å²) in [7, 11) is 0. The highest BCUT2D eigenvalue weighted by molar-refractivity contribution is 6.30. The molecule has 0 radical (unpaired) electrons. The Morgan fingerprint density at radius 2 is 1.95 bits per heavy atom. The lowest BCUT2D eigenvalue weighted by Crippen LogP contribution is -2.56. The minimum absolute atomic E-state index is 0.0841. The van der Waals surface area contributed by atoms with Crippen LogP contribution in [0.25, 0.3) is 0 Å². The molecular formula is C17H26ClN3O. The summed E-state index contributed by atoms with van der Waals surface area (Å²) in [5.41, 5.74) is 1.27. The third-order valence-corrected chi connectivity index (χ3v) is 4.74. The zero-order valence-corrected chi connectivity index (χ0v) is 14.9. The lowest BCUT2D eigenvalue weighted by atomic mass is 9.87. The molecular weight excluding hydrogens is 298 g/mol. The fraction of sp³-hybridized carbons (Fsp3) is 0.647. The van der Waals surface area contributed by atoms with Gasteiger partial charge in [0, 0.05) is 30.4 Å². The molecule has 4 nitrogen and oxygen atoms in total. The minimum Gasteiger partial charge on any atom is -0.347 e. The van der Waals surface area contributed by atoms with Crippen LogP contribution in [0.1, 0.15) is 56.6 Å². The van der Waals surface area contributed by atoms with Crippen molar-refractivity contribution < 1.29 is 4.79 Å². The number of nitrogens with one attached hydrogen (secondary N) is 1. The molecule has 1 N–H and O–H groups in total. The van der Waals surface area contributed by atoms with Crippen molar-refractivity contribution in [1.82, 2.24) is 15.2 Å². The Kier molecular flexibility index (Phi) is 4.83. The Balaban J connectivity index is 2.04. The van der Waals surface area contributed by atoms with E-state index < -0.39 is 0 Å². The van der Waals surface area contributed by atoms with Crippen LogP contribution in [-0.4, -0.2) is 40.0 Å². The number of aromatic nitrogens is 1. The van der Waals surface area contributed by atoms with Crippen molar-refractivity contribution in [3.63, 3.8) is 0 Å². The summed E-state index contributed by atoms with van der Waals surface area (Å²) >= 11 is 5.96. The third kappa shape index (κ3) is 3.99. The first kappa shape index (κ1) is 17.2. The van der Waals surface area contributed by atoms with Crippen molar-refractivity contribution in [3.05, 3.63) is 28.5 Å². The molecule has 0 unspecified atom stereocenters. The highest BCUT2D eigenvalue weighted by Gasteiger charge is 2.35. The fourth-order valence-electron chi connectivity index (χ4n) is 2.87.